The zero-order chi connectivity index (χ0) is 11.6. The minimum Gasteiger partial charge on any atom is -0.356 e. The molecule has 1 rings (SSSR count). The lowest BCUT2D eigenvalue weighted by atomic mass is 10.2. The van der Waals surface area contributed by atoms with E-state index >= 15 is 0 Å². The fraction of sp³-hybridized carbons (Fsp3) is 0.500. The number of nitrogens with one attached hydrogen (secondary N) is 2. The number of rotatable bonds is 5. The molecule has 0 spiro atoms. The van der Waals surface area contributed by atoms with Crippen LogP contribution >= 0.6 is 11.3 Å². The Balaban J connectivity index is 2.06. The van der Waals surface area contributed by atoms with Crippen molar-refractivity contribution in [3.05, 3.63) is 16.6 Å². The zero-order valence-electron chi connectivity index (χ0n) is 9.23. The van der Waals surface area contributed by atoms with Gasteiger partial charge in [-0.3, -0.25) is 10.3 Å². The normalized spacial score (nSPS) is 10.9. The summed E-state index contributed by atoms with van der Waals surface area (Å²) in [6.07, 6.45) is 4.95. The Kier molecular flexibility index (Phi) is 5.96. The topological polar surface area (TPSA) is 73.1 Å². The molecular formula is C10H15N5S. The molecule has 0 fully saturated rings. The molecule has 0 radical (unpaired) electrons. The summed E-state index contributed by atoms with van der Waals surface area (Å²) >= 11 is 1.63. The van der Waals surface area contributed by atoms with Crippen LogP contribution in [0.3, 0.4) is 0 Å². The summed E-state index contributed by atoms with van der Waals surface area (Å²) in [5, 5.41) is 16.0. The number of aryl methyl sites for hydroxylation is 1. The second-order valence-corrected chi connectivity index (χ2v) is 3.89. The predicted molar refractivity (Wildman–Crippen MR) is 65.2 cm³/mol. The van der Waals surface area contributed by atoms with Crippen molar-refractivity contribution in [1.82, 2.24) is 15.6 Å². The van der Waals surface area contributed by atoms with Gasteiger partial charge in [-0.05, 0) is 19.3 Å². The van der Waals surface area contributed by atoms with Crippen molar-refractivity contribution < 1.29 is 0 Å². The van der Waals surface area contributed by atoms with E-state index < -0.39 is 0 Å². The maximum Gasteiger partial charge on any atom is 0.204 e. The van der Waals surface area contributed by atoms with E-state index in [-0.39, 0.29) is 0 Å². The highest BCUT2D eigenvalue weighted by molar-refractivity contribution is 7.07. The van der Waals surface area contributed by atoms with Crippen molar-refractivity contribution in [2.45, 2.75) is 19.3 Å². The number of hydrogen-bond donors (Lipinski definition) is 2. The maximum absolute atomic E-state index is 8.41. The Bertz CT molecular complexity index is 352. The monoisotopic (exact) mass is 237 g/mol. The molecule has 0 bridgehead atoms. The summed E-state index contributed by atoms with van der Waals surface area (Å²) < 4.78 is 0. The van der Waals surface area contributed by atoms with Gasteiger partial charge in [0.15, 0.2) is 6.19 Å². The third-order valence-electron chi connectivity index (χ3n) is 2.03. The molecule has 0 aliphatic carbocycles. The van der Waals surface area contributed by atoms with Gasteiger partial charge in [0.1, 0.15) is 0 Å². The predicted octanol–water partition coefficient (Wildman–Crippen LogP) is 1.11. The molecule has 1 heterocycles. The molecule has 0 aliphatic rings. The highest BCUT2D eigenvalue weighted by atomic mass is 32.1. The Morgan fingerprint density at radius 3 is 3.12 bits per heavy atom. The third kappa shape index (κ3) is 4.75. The van der Waals surface area contributed by atoms with Crippen LogP contribution in [0.4, 0.5) is 0 Å². The Hall–Kier alpha value is -1.61. The summed E-state index contributed by atoms with van der Waals surface area (Å²) in [6.45, 7) is 0.811. The summed E-state index contributed by atoms with van der Waals surface area (Å²) in [6, 6.07) is 0. The first-order valence-corrected chi connectivity index (χ1v) is 6.04. The maximum atomic E-state index is 8.41. The SMILES string of the molecule is CN=C(NC#N)NCCCCc1cscn1. The van der Waals surface area contributed by atoms with Crippen molar-refractivity contribution in [3.8, 4) is 6.19 Å². The minimum absolute atomic E-state index is 0.524. The van der Waals surface area contributed by atoms with Crippen LogP contribution in [0.15, 0.2) is 15.9 Å². The number of nitriles is 1. The Morgan fingerprint density at radius 2 is 2.50 bits per heavy atom. The molecule has 5 nitrogen and oxygen atoms in total. The van der Waals surface area contributed by atoms with Crippen molar-refractivity contribution >= 4 is 17.3 Å². The van der Waals surface area contributed by atoms with Crippen molar-refractivity contribution in [2.24, 2.45) is 4.99 Å². The molecule has 0 saturated heterocycles. The molecule has 1 aromatic heterocycles. The lowest BCUT2D eigenvalue weighted by Crippen LogP contribution is -2.34. The highest BCUT2D eigenvalue weighted by Crippen LogP contribution is 2.04. The molecule has 0 unspecified atom stereocenters. The van der Waals surface area contributed by atoms with Crippen LogP contribution in [0.5, 0.6) is 0 Å². The van der Waals surface area contributed by atoms with Crippen LogP contribution in [-0.2, 0) is 6.42 Å². The van der Waals surface area contributed by atoms with E-state index in [4.69, 9.17) is 5.26 Å². The lowest BCUT2D eigenvalue weighted by molar-refractivity contribution is 0.697. The van der Waals surface area contributed by atoms with Crippen LogP contribution < -0.4 is 10.6 Å². The van der Waals surface area contributed by atoms with Crippen molar-refractivity contribution in [3.63, 3.8) is 0 Å². The summed E-state index contributed by atoms with van der Waals surface area (Å²) in [7, 11) is 1.64. The van der Waals surface area contributed by atoms with Crippen LogP contribution in [-0.4, -0.2) is 24.5 Å². The number of thiazole rings is 1. The minimum atomic E-state index is 0.524. The molecule has 2 N–H and O–H groups in total. The van der Waals surface area contributed by atoms with Crippen LogP contribution in [0.1, 0.15) is 18.5 Å². The van der Waals surface area contributed by atoms with Gasteiger partial charge in [0.25, 0.3) is 0 Å². The first-order chi connectivity index (χ1) is 7.86. The van der Waals surface area contributed by atoms with Gasteiger partial charge in [0, 0.05) is 19.0 Å². The van der Waals surface area contributed by atoms with Crippen molar-refractivity contribution in [2.75, 3.05) is 13.6 Å². The van der Waals surface area contributed by atoms with Gasteiger partial charge in [0.2, 0.25) is 5.96 Å². The highest BCUT2D eigenvalue weighted by Gasteiger charge is 1.97. The first-order valence-electron chi connectivity index (χ1n) is 5.09. The number of hydrogen-bond acceptors (Lipinski definition) is 4. The summed E-state index contributed by atoms with van der Waals surface area (Å²) in [5.41, 5.74) is 3.01. The fourth-order valence-electron chi connectivity index (χ4n) is 1.23. The number of nitrogens with zero attached hydrogens (tertiary/aromatic N) is 3. The van der Waals surface area contributed by atoms with E-state index in [1.54, 1.807) is 18.4 Å². The standard InChI is InChI=1S/C10H15N5S/c1-12-10(14-7-11)13-5-3-2-4-9-6-16-8-15-9/h6,8H,2-5H2,1H3,(H2,12,13,14). The Morgan fingerprint density at radius 1 is 1.62 bits per heavy atom. The van der Waals surface area contributed by atoms with Gasteiger partial charge in [-0.2, -0.15) is 5.26 Å². The van der Waals surface area contributed by atoms with E-state index in [2.05, 4.69) is 26.0 Å². The summed E-state index contributed by atoms with van der Waals surface area (Å²) in [5.74, 6) is 0.524. The fourth-order valence-corrected chi connectivity index (χ4v) is 1.82. The molecule has 0 aliphatic heterocycles. The molecule has 1 aromatic rings. The Labute approximate surface area is 99.2 Å². The van der Waals surface area contributed by atoms with Crippen LogP contribution in [0, 0.1) is 11.5 Å². The van der Waals surface area contributed by atoms with Gasteiger partial charge in [-0.25, -0.2) is 4.98 Å². The van der Waals surface area contributed by atoms with Gasteiger partial charge in [-0.15, -0.1) is 11.3 Å². The molecule has 6 heteroatoms. The van der Waals surface area contributed by atoms with E-state index in [0.29, 0.717) is 5.96 Å². The van der Waals surface area contributed by atoms with E-state index in [1.165, 1.54) is 0 Å². The average Bonchev–Trinajstić information content (AvgIpc) is 2.80. The number of aliphatic imine (C=N–C) groups is 1. The second kappa shape index (κ2) is 7.65. The average molecular weight is 237 g/mol. The quantitative estimate of drug-likeness (QED) is 0.264. The largest absolute Gasteiger partial charge is 0.356 e. The second-order valence-electron chi connectivity index (χ2n) is 3.17. The van der Waals surface area contributed by atoms with E-state index in [0.717, 1.165) is 31.5 Å². The lowest BCUT2D eigenvalue weighted by Gasteiger charge is -2.05. The number of unbranched alkanes of at least 4 members (excludes halogenated alkanes) is 1. The van der Waals surface area contributed by atoms with Gasteiger partial charge in [0.05, 0.1) is 11.2 Å². The van der Waals surface area contributed by atoms with Crippen molar-refractivity contribution in [1.29, 1.82) is 5.26 Å². The smallest absolute Gasteiger partial charge is 0.204 e. The zero-order valence-corrected chi connectivity index (χ0v) is 10.0. The summed E-state index contributed by atoms with van der Waals surface area (Å²) in [4.78, 5) is 8.10. The van der Waals surface area contributed by atoms with Gasteiger partial charge < -0.3 is 5.32 Å². The third-order valence-corrected chi connectivity index (χ3v) is 2.67. The van der Waals surface area contributed by atoms with E-state index in [9.17, 15) is 0 Å². The van der Waals surface area contributed by atoms with Crippen LogP contribution in [0.2, 0.25) is 0 Å². The molecule has 0 amide bonds. The molecule has 0 atom stereocenters. The van der Waals surface area contributed by atoms with Crippen LogP contribution in [0.25, 0.3) is 0 Å². The van der Waals surface area contributed by atoms with Gasteiger partial charge in [-0.1, -0.05) is 0 Å². The number of guanidine groups is 1. The first kappa shape index (κ1) is 12.5. The molecule has 16 heavy (non-hydrogen) atoms. The van der Waals surface area contributed by atoms with Gasteiger partial charge >= 0.3 is 0 Å². The molecule has 86 valence electrons. The number of aromatic nitrogens is 1. The molecule has 0 saturated carbocycles. The molecular weight excluding hydrogens is 222 g/mol. The van der Waals surface area contributed by atoms with E-state index in [1.807, 2.05) is 11.7 Å². The molecule has 0 aromatic carbocycles.